The minimum Gasteiger partial charge on any atom is -0.329 e. The van der Waals surface area contributed by atoms with E-state index in [0.717, 1.165) is 16.4 Å². The van der Waals surface area contributed by atoms with Gasteiger partial charge < -0.3 is 5.73 Å². The van der Waals surface area contributed by atoms with E-state index in [2.05, 4.69) is 0 Å². The highest BCUT2D eigenvalue weighted by Crippen LogP contribution is 2.19. The Kier molecular flexibility index (Phi) is 4.78. The Balaban J connectivity index is 3.22. The standard InChI is InChI=1S/C11H16F2N2O2S/c1-8(2)15(6-5-14)18(16,17)9-3-4-10(12)11(13)7-9/h3-4,7-8H,5-6,14H2,1-2H3. The van der Waals surface area contributed by atoms with E-state index in [1.165, 1.54) is 0 Å². The fraction of sp³-hybridized carbons (Fsp3) is 0.455. The molecule has 1 aromatic rings. The smallest absolute Gasteiger partial charge is 0.243 e. The quantitative estimate of drug-likeness (QED) is 0.883. The van der Waals surface area contributed by atoms with E-state index in [0.29, 0.717) is 6.07 Å². The first kappa shape index (κ1) is 15.0. The monoisotopic (exact) mass is 278 g/mol. The molecule has 7 heteroatoms. The third kappa shape index (κ3) is 3.04. The van der Waals surface area contributed by atoms with Crippen molar-refractivity contribution < 1.29 is 17.2 Å². The Labute approximate surface area is 105 Å². The molecule has 0 heterocycles. The molecule has 2 N–H and O–H groups in total. The van der Waals surface area contributed by atoms with E-state index in [9.17, 15) is 17.2 Å². The second-order valence-electron chi connectivity index (χ2n) is 4.07. The maximum atomic E-state index is 13.1. The SMILES string of the molecule is CC(C)N(CCN)S(=O)(=O)c1ccc(F)c(F)c1. The number of rotatable bonds is 5. The number of benzene rings is 1. The summed E-state index contributed by atoms with van der Waals surface area (Å²) in [7, 11) is -3.86. The van der Waals surface area contributed by atoms with Gasteiger partial charge in [-0.2, -0.15) is 4.31 Å². The van der Waals surface area contributed by atoms with Gasteiger partial charge in [0.25, 0.3) is 0 Å². The van der Waals surface area contributed by atoms with Gasteiger partial charge in [0.2, 0.25) is 10.0 Å². The second kappa shape index (κ2) is 5.73. The number of hydrogen-bond donors (Lipinski definition) is 1. The van der Waals surface area contributed by atoms with Crippen LogP contribution in [0.1, 0.15) is 13.8 Å². The van der Waals surface area contributed by atoms with Gasteiger partial charge in [-0.25, -0.2) is 17.2 Å². The molecule has 0 amide bonds. The lowest BCUT2D eigenvalue weighted by molar-refractivity contribution is 0.361. The molecule has 0 aliphatic rings. The first-order valence-corrected chi connectivity index (χ1v) is 6.91. The van der Waals surface area contributed by atoms with Gasteiger partial charge in [-0.05, 0) is 32.0 Å². The molecule has 0 saturated heterocycles. The van der Waals surface area contributed by atoms with Gasteiger partial charge in [-0.3, -0.25) is 0 Å². The summed E-state index contributed by atoms with van der Waals surface area (Å²) in [4.78, 5) is -0.274. The summed E-state index contributed by atoms with van der Waals surface area (Å²) in [6.45, 7) is 3.65. The van der Waals surface area contributed by atoms with E-state index in [1.54, 1.807) is 13.8 Å². The lowest BCUT2D eigenvalue weighted by Crippen LogP contribution is -2.40. The predicted octanol–water partition coefficient (Wildman–Crippen LogP) is 1.32. The van der Waals surface area contributed by atoms with Crippen LogP contribution in [-0.2, 0) is 10.0 Å². The van der Waals surface area contributed by atoms with Gasteiger partial charge in [0.05, 0.1) is 4.90 Å². The Hall–Kier alpha value is -1.05. The maximum Gasteiger partial charge on any atom is 0.243 e. The molecule has 1 rings (SSSR count). The van der Waals surface area contributed by atoms with Crippen LogP contribution in [0.5, 0.6) is 0 Å². The molecular formula is C11H16F2N2O2S. The zero-order valence-electron chi connectivity index (χ0n) is 10.2. The fourth-order valence-corrected chi connectivity index (χ4v) is 3.22. The van der Waals surface area contributed by atoms with Crippen LogP contribution in [0.4, 0.5) is 8.78 Å². The highest BCUT2D eigenvalue weighted by Gasteiger charge is 2.27. The number of halogens is 2. The Morgan fingerprint density at radius 3 is 2.33 bits per heavy atom. The molecule has 0 aliphatic carbocycles. The third-order valence-corrected chi connectivity index (χ3v) is 4.49. The molecule has 102 valence electrons. The van der Waals surface area contributed by atoms with Crippen molar-refractivity contribution in [2.45, 2.75) is 24.8 Å². The highest BCUT2D eigenvalue weighted by molar-refractivity contribution is 7.89. The van der Waals surface area contributed by atoms with Crippen LogP contribution in [0, 0.1) is 11.6 Å². The molecule has 0 saturated carbocycles. The molecule has 0 unspecified atom stereocenters. The lowest BCUT2D eigenvalue weighted by Gasteiger charge is -2.25. The number of sulfonamides is 1. The van der Waals surface area contributed by atoms with Gasteiger partial charge in [0, 0.05) is 19.1 Å². The summed E-state index contributed by atoms with van der Waals surface area (Å²) in [5.74, 6) is -2.27. The van der Waals surface area contributed by atoms with Crippen molar-refractivity contribution in [2.75, 3.05) is 13.1 Å². The van der Waals surface area contributed by atoms with Crippen molar-refractivity contribution in [3.05, 3.63) is 29.8 Å². The van der Waals surface area contributed by atoms with Crippen molar-refractivity contribution in [3.8, 4) is 0 Å². The fourth-order valence-electron chi connectivity index (χ4n) is 1.56. The first-order chi connectivity index (χ1) is 8.30. The number of nitrogens with two attached hydrogens (primary N) is 1. The topological polar surface area (TPSA) is 63.4 Å². The summed E-state index contributed by atoms with van der Waals surface area (Å²) >= 11 is 0. The van der Waals surface area contributed by atoms with Gasteiger partial charge in [-0.15, -0.1) is 0 Å². The Morgan fingerprint density at radius 1 is 1.28 bits per heavy atom. The van der Waals surface area contributed by atoms with E-state index < -0.39 is 21.7 Å². The molecule has 0 aliphatic heterocycles. The first-order valence-electron chi connectivity index (χ1n) is 5.47. The van der Waals surface area contributed by atoms with Crippen molar-refractivity contribution in [2.24, 2.45) is 5.73 Å². The van der Waals surface area contributed by atoms with Crippen molar-refractivity contribution in [3.63, 3.8) is 0 Å². The zero-order chi connectivity index (χ0) is 13.9. The second-order valence-corrected chi connectivity index (χ2v) is 5.96. The minimum absolute atomic E-state index is 0.124. The predicted molar refractivity (Wildman–Crippen MR) is 64.4 cm³/mol. The van der Waals surface area contributed by atoms with Crippen LogP contribution in [0.2, 0.25) is 0 Å². The van der Waals surface area contributed by atoms with Crippen LogP contribution < -0.4 is 5.73 Å². The van der Waals surface area contributed by atoms with Gasteiger partial charge in [-0.1, -0.05) is 0 Å². The van der Waals surface area contributed by atoms with Crippen LogP contribution in [0.3, 0.4) is 0 Å². The van der Waals surface area contributed by atoms with Gasteiger partial charge in [0.1, 0.15) is 0 Å². The van der Waals surface area contributed by atoms with E-state index in [4.69, 9.17) is 5.73 Å². The molecule has 0 radical (unpaired) electrons. The summed E-state index contributed by atoms with van der Waals surface area (Å²) in [6, 6.07) is 2.20. The molecule has 0 fully saturated rings. The van der Waals surface area contributed by atoms with Crippen LogP contribution in [-0.4, -0.2) is 31.9 Å². The van der Waals surface area contributed by atoms with Crippen molar-refractivity contribution in [1.29, 1.82) is 0 Å². The van der Waals surface area contributed by atoms with Crippen molar-refractivity contribution >= 4 is 10.0 Å². The summed E-state index contributed by atoms with van der Waals surface area (Å²) in [5, 5.41) is 0. The number of nitrogens with zero attached hydrogens (tertiary/aromatic N) is 1. The van der Waals surface area contributed by atoms with Gasteiger partial charge in [0.15, 0.2) is 11.6 Å². The largest absolute Gasteiger partial charge is 0.329 e. The molecule has 0 aromatic heterocycles. The molecular weight excluding hydrogens is 262 g/mol. The van der Waals surface area contributed by atoms with Gasteiger partial charge >= 0.3 is 0 Å². The molecule has 4 nitrogen and oxygen atoms in total. The van der Waals surface area contributed by atoms with Crippen molar-refractivity contribution in [1.82, 2.24) is 4.31 Å². The Morgan fingerprint density at radius 2 is 1.89 bits per heavy atom. The molecule has 0 spiro atoms. The summed E-state index contributed by atoms with van der Waals surface area (Å²) in [6.07, 6.45) is 0. The Bertz CT molecular complexity index is 518. The van der Waals surface area contributed by atoms with Crippen LogP contribution >= 0.6 is 0 Å². The lowest BCUT2D eigenvalue weighted by atomic mass is 10.3. The molecule has 0 bridgehead atoms. The molecule has 1 aromatic carbocycles. The van der Waals surface area contributed by atoms with E-state index in [1.807, 2.05) is 0 Å². The van der Waals surface area contributed by atoms with E-state index in [-0.39, 0.29) is 24.0 Å². The van der Waals surface area contributed by atoms with Crippen LogP contribution in [0.25, 0.3) is 0 Å². The average molecular weight is 278 g/mol. The molecule has 0 atom stereocenters. The normalized spacial score (nSPS) is 12.4. The zero-order valence-corrected chi connectivity index (χ0v) is 11.0. The van der Waals surface area contributed by atoms with E-state index >= 15 is 0 Å². The number of hydrogen-bond acceptors (Lipinski definition) is 3. The molecule has 18 heavy (non-hydrogen) atoms. The van der Waals surface area contributed by atoms with Crippen LogP contribution in [0.15, 0.2) is 23.1 Å². The highest BCUT2D eigenvalue weighted by atomic mass is 32.2. The average Bonchev–Trinajstić information content (AvgIpc) is 2.28. The summed E-state index contributed by atoms with van der Waals surface area (Å²) < 4.78 is 51.4. The maximum absolute atomic E-state index is 13.1. The minimum atomic E-state index is -3.86. The third-order valence-electron chi connectivity index (χ3n) is 2.42. The summed E-state index contributed by atoms with van der Waals surface area (Å²) in [5.41, 5.74) is 5.36.